The van der Waals surface area contributed by atoms with Gasteiger partial charge in [-0.3, -0.25) is 4.79 Å². The van der Waals surface area contributed by atoms with E-state index in [9.17, 15) is 4.79 Å². The molecule has 0 fully saturated rings. The Morgan fingerprint density at radius 1 is 1.67 bits per heavy atom. The first-order valence-electron chi connectivity index (χ1n) is 3.29. The minimum Gasteiger partial charge on any atom is -0.345 e. The third-order valence-electron chi connectivity index (χ3n) is 1.37. The van der Waals surface area contributed by atoms with E-state index in [0.29, 0.717) is 10.3 Å². The quantitative estimate of drug-likeness (QED) is 0.675. The molecule has 0 aromatic carbocycles. The van der Waals surface area contributed by atoms with Crippen LogP contribution in [0.2, 0.25) is 0 Å². The van der Waals surface area contributed by atoms with Crippen molar-refractivity contribution in [1.82, 2.24) is 4.90 Å². The molecule has 1 aromatic heterocycles. The fourth-order valence-corrected chi connectivity index (χ4v) is 2.18. The SMILES string of the molecule is [B]c1sc(Br)cc1C(=O)N(C)C. The molecular formula is C7H7BBrNOS. The number of hydrogen-bond acceptors (Lipinski definition) is 2. The average molecular weight is 244 g/mol. The second-order valence-electron chi connectivity index (χ2n) is 2.53. The molecule has 0 aliphatic carbocycles. The lowest BCUT2D eigenvalue weighted by atomic mass is 10.0. The van der Waals surface area contributed by atoms with Crippen molar-refractivity contribution in [3.8, 4) is 0 Å². The fourth-order valence-electron chi connectivity index (χ4n) is 0.782. The molecule has 0 unspecified atom stereocenters. The fraction of sp³-hybridized carbons (Fsp3) is 0.286. The van der Waals surface area contributed by atoms with E-state index in [-0.39, 0.29) is 5.91 Å². The van der Waals surface area contributed by atoms with Gasteiger partial charge in [0, 0.05) is 19.7 Å². The first-order chi connectivity index (χ1) is 5.52. The van der Waals surface area contributed by atoms with Crippen molar-refractivity contribution in [2.75, 3.05) is 14.1 Å². The van der Waals surface area contributed by atoms with Crippen LogP contribution >= 0.6 is 27.3 Å². The number of carbonyl (C=O) groups excluding carboxylic acids is 1. The summed E-state index contributed by atoms with van der Waals surface area (Å²) in [5.41, 5.74) is 0.567. The van der Waals surface area contributed by atoms with E-state index < -0.39 is 0 Å². The summed E-state index contributed by atoms with van der Waals surface area (Å²) in [4.78, 5) is 12.9. The molecular weight excluding hydrogens is 237 g/mol. The van der Waals surface area contributed by atoms with E-state index in [1.54, 1.807) is 20.2 Å². The van der Waals surface area contributed by atoms with E-state index in [1.807, 2.05) is 0 Å². The minimum atomic E-state index is -0.0607. The molecule has 1 amide bonds. The van der Waals surface area contributed by atoms with E-state index in [0.717, 1.165) is 3.79 Å². The Labute approximate surface area is 85.1 Å². The zero-order chi connectivity index (χ0) is 9.30. The van der Waals surface area contributed by atoms with Crippen LogP contribution in [0.25, 0.3) is 0 Å². The highest BCUT2D eigenvalue weighted by atomic mass is 79.9. The molecule has 1 aromatic rings. The number of carbonyl (C=O) groups is 1. The molecule has 1 rings (SSSR count). The summed E-state index contributed by atoms with van der Waals surface area (Å²) in [5.74, 6) is -0.0607. The van der Waals surface area contributed by atoms with Crippen molar-refractivity contribution in [2.45, 2.75) is 0 Å². The van der Waals surface area contributed by atoms with Crippen molar-refractivity contribution in [2.24, 2.45) is 0 Å². The number of amides is 1. The molecule has 2 radical (unpaired) electrons. The van der Waals surface area contributed by atoms with Crippen LogP contribution < -0.4 is 4.78 Å². The Kier molecular flexibility index (Phi) is 2.96. The number of halogens is 1. The second kappa shape index (κ2) is 3.62. The Bertz CT molecular complexity index is 310. The number of nitrogens with zero attached hydrogens (tertiary/aromatic N) is 1. The maximum atomic E-state index is 11.4. The lowest BCUT2D eigenvalue weighted by Gasteiger charge is -2.08. The molecule has 12 heavy (non-hydrogen) atoms. The van der Waals surface area contributed by atoms with Gasteiger partial charge in [-0.05, 0) is 26.8 Å². The summed E-state index contributed by atoms with van der Waals surface area (Å²) in [6, 6.07) is 1.74. The summed E-state index contributed by atoms with van der Waals surface area (Å²) < 4.78 is 1.44. The van der Waals surface area contributed by atoms with Crippen molar-refractivity contribution in [3.63, 3.8) is 0 Å². The van der Waals surface area contributed by atoms with Gasteiger partial charge in [-0.25, -0.2) is 0 Å². The van der Waals surface area contributed by atoms with Crippen molar-refractivity contribution in [1.29, 1.82) is 0 Å². The van der Waals surface area contributed by atoms with Gasteiger partial charge in [0.2, 0.25) is 0 Å². The van der Waals surface area contributed by atoms with Crippen molar-refractivity contribution >= 4 is 45.8 Å². The number of rotatable bonds is 1. The zero-order valence-electron chi connectivity index (χ0n) is 6.80. The molecule has 0 aliphatic rings. The average Bonchev–Trinajstić information content (AvgIpc) is 2.28. The topological polar surface area (TPSA) is 20.3 Å². The third-order valence-corrected chi connectivity index (χ3v) is 2.83. The summed E-state index contributed by atoms with van der Waals surface area (Å²) in [5, 5.41) is 0. The molecule has 62 valence electrons. The summed E-state index contributed by atoms with van der Waals surface area (Å²) >= 11 is 4.63. The van der Waals surface area contributed by atoms with Crippen molar-refractivity contribution in [3.05, 3.63) is 15.4 Å². The molecule has 0 saturated heterocycles. The van der Waals surface area contributed by atoms with Gasteiger partial charge in [-0.1, -0.05) is 0 Å². The summed E-state index contributed by atoms with van der Waals surface area (Å²) in [7, 11) is 9.02. The summed E-state index contributed by atoms with van der Waals surface area (Å²) in [6.07, 6.45) is 0. The minimum absolute atomic E-state index is 0.0607. The molecule has 2 nitrogen and oxygen atoms in total. The highest BCUT2D eigenvalue weighted by Crippen LogP contribution is 2.18. The van der Waals surface area contributed by atoms with Crippen LogP contribution in [0.3, 0.4) is 0 Å². The second-order valence-corrected chi connectivity index (χ2v) is 4.99. The van der Waals surface area contributed by atoms with Gasteiger partial charge in [-0.2, -0.15) is 0 Å². The van der Waals surface area contributed by atoms with Crippen LogP contribution in [-0.4, -0.2) is 32.7 Å². The highest BCUT2D eigenvalue weighted by molar-refractivity contribution is 9.11. The van der Waals surface area contributed by atoms with Crippen molar-refractivity contribution < 1.29 is 4.79 Å². The predicted molar refractivity (Wildman–Crippen MR) is 55.4 cm³/mol. The van der Waals surface area contributed by atoms with E-state index in [2.05, 4.69) is 15.9 Å². The molecule has 0 bridgehead atoms. The maximum Gasteiger partial charge on any atom is 0.253 e. The van der Waals surface area contributed by atoms with E-state index in [1.165, 1.54) is 16.2 Å². The first-order valence-corrected chi connectivity index (χ1v) is 4.89. The Morgan fingerprint density at radius 3 is 2.58 bits per heavy atom. The monoisotopic (exact) mass is 243 g/mol. The highest BCUT2D eigenvalue weighted by Gasteiger charge is 2.12. The zero-order valence-corrected chi connectivity index (χ0v) is 9.20. The first kappa shape index (κ1) is 9.80. The molecule has 0 atom stereocenters. The van der Waals surface area contributed by atoms with Crippen LogP contribution in [0.15, 0.2) is 9.85 Å². The van der Waals surface area contributed by atoms with Gasteiger partial charge < -0.3 is 4.90 Å². The van der Waals surface area contributed by atoms with Crippen LogP contribution in [-0.2, 0) is 0 Å². The lowest BCUT2D eigenvalue weighted by Crippen LogP contribution is -2.25. The lowest BCUT2D eigenvalue weighted by molar-refractivity contribution is 0.0829. The standard InChI is InChI=1S/C7H7BBrNOS/c1-10(2)7(11)4-3-5(9)12-6(4)8/h3H,1-2H3. The van der Waals surface area contributed by atoms with Gasteiger partial charge in [-0.15, -0.1) is 11.3 Å². The number of hydrogen-bond donors (Lipinski definition) is 0. The van der Waals surface area contributed by atoms with Gasteiger partial charge in [0.05, 0.1) is 3.79 Å². The van der Waals surface area contributed by atoms with Crippen LogP contribution in [0, 0.1) is 0 Å². The van der Waals surface area contributed by atoms with E-state index in [4.69, 9.17) is 7.85 Å². The van der Waals surface area contributed by atoms with Crippen LogP contribution in [0.4, 0.5) is 0 Å². The van der Waals surface area contributed by atoms with Crippen LogP contribution in [0.5, 0.6) is 0 Å². The molecule has 1 heterocycles. The predicted octanol–water partition coefficient (Wildman–Crippen LogP) is 1.01. The van der Waals surface area contributed by atoms with Gasteiger partial charge >= 0.3 is 0 Å². The molecule has 0 N–H and O–H groups in total. The van der Waals surface area contributed by atoms with Gasteiger partial charge in [0.1, 0.15) is 7.85 Å². The number of thiophene rings is 1. The van der Waals surface area contributed by atoms with E-state index >= 15 is 0 Å². The van der Waals surface area contributed by atoms with Gasteiger partial charge in [0.15, 0.2) is 0 Å². The van der Waals surface area contributed by atoms with Gasteiger partial charge in [0.25, 0.3) is 5.91 Å². The molecule has 0 saturated carbocycles. The molecule has 0 aliphatic heterocycles. The van der Waals surface area contributed by atoms with Crippen LogP contribution in [0.1, 0.15) is 10.4 Å². The maximum absolute atomic E-state index is 11.4. The normalized spacial score (nSPS) is 9.92. The third kappa shape index (κ3) is 1.90. The Hall–Kier alpha value is -0.285. The molecule has 0 spiro atoms. The largest absolute Gasteiger partial charge is 0.345 e. The molecule has 5 heteroatoms. The Balaban J connectivity index is 3.02. The smallest absolute Gasteiger partial charge is 0.253 e. The Morgan fingerprint density at radius 2 is 2.25 bits per heavy atom. The summed E-state index contributed by atoms with van der Waals surface area (Å²) in [6.45, 7) is 0.